The van der Waals surface area contributed by atoms with Crippen molar-refractivity contribution in [3.8, 4) is 11.9 Å². The molecule has 3 aromatic rings. The van der Waals surface area contributed by atoms with Gasteiger partial charge in [0.25, 0.3) is 0 Å². The molecule has 2 N–H and O–H groups in total. The van der Waals surface area contributed by atoms with Crippen molar-refractivity contribution in [1.29, 1.82) is 5.26 Å². The van der Waals surface area contributed by atoms with Gasteiger partial charge in [0, 0.05) is 0 Å². The van der Waals surface area contributed by atoms with E-state index in [4.69, 9.17) is 14.1 Å². The van der Waals surface area contributed by atoms with Crippen LogP contribution in [0.15, 0.2) is 57.9 Å². The minimum absolute atomic E-state index is 0.0240. The number of aromatic nitrogens is 2. The second-order valence-corrected chi connectivity index (χ2v) is 20.9. The van der Waals surface area contributed by atoms with E-state index in [1.807, 2.05) is 24.3 Å². The number of nitrogen functional groups attached to an aromatic ring is 1. The molecule has 0 amide bonds. The third-order valence-corrected chi connectivity index (χ3v) is 17.6. The number of benzene rings is 2. The molecule has 0 radical (unpaired) electrons. The van der Waals surface area contributed by atoms with Crippen LogP contribution in [-0.2, 0) is 19.9 Å². The van der Waals surface area contributed by atoms with Crippen molar-refractivity contribution in [2.75, 3.05) is 5.73 Å². The van der Waals surface area contributed by atoms with Crippen LogP contribution in [-0.4, -0.2) is 18.4 Å². The first-order valence-corrected chi connectivity index (χ1v) is 18.8. The van der Waals surface area contributed by atoms with Crippen LogP contribution in [0.1, 0.15) is 22.4 Å². The predicted molar refractivity (Wildman–Crippen MR) is 135 cm³/mol. The normalized spacial score (nSPS) is 11.6. The van der Waals surface area contributed by atoms with E-state index in [9.17, 15) is 8.42 Å². The van der Waals surface area contributed by atoms with Crippen molar-refractivity contribution in [3.05, 3.63) is 75.4 Å². The van der Waals surface area contributed by atoms with E-state index in [1.54, 1.807) is 31.2 Å². The summed E-state index contributed by atoms with van der Waals surface area (Å²) in [5, 5.41) is 8.82. The van der Waals surface area contributed by atoms with Crippen molar-refractivity contribution in [3.63, 3.8) is 0 Å². The molecule has 1 heterocycles. The van der Waals surface area contributed by atoms with Gasteiger partial charge in [-0.3, -0.25) is 0 Å². The summed E-state index contributed by atoms with van der Waals surface area (Å²) in [5.74, 6) is 0.211. The van der Waals surface area contributed by atoms with Crippen LogP contribution in [0.5, 0.6) is 5.88 Å². The molecule has 0 fully saturated rings. The molecule has 31 heavy (non-hydrogen) atoms. The van der Waals surface area contributed by atoms with Crippen LogP contribution in [0.25, 0.3) is 0 Å². The second-order valence-electron chi connectivity index (χ2n) is 6.49. The van der Waals surface area contributed by atoms with E-state index in [2.05, 4.69) is 38.8 Å². The summed E-state index contributed by atoms with van der Waals surface area (Å²) in [4.78, 5) is 8.61. The molecule has 0 aliphatic heterocycles. The third-order valence-electron chi connectivity index (χ3n) is 4.32. The zero-order chi connectivity index (χ0) is 22.6. The Morgan fingerprint density at radius 3 is 2.35 bits per heavy atom. The Bertz CT molecular complexity index is 1230. The number of nitrogens with two attached hydrogens (primary N) is 1. The maximum atomic E-state index is 13.0. The number of rotatable bonds is 7. The van der Waals surface area contributed by atoms with Gasteiger partial charge in [-0.2, -0.15) is 0 Å². The standard InChI is InChI=1S/C20H19BrIN4O3PS/c1-13-18(12-15-4-2-14(3-5-15)10-11-23)19(26-20(24)25-13)29-22(30)31(27,28)17-8-6-16(21)7-9-17/h2-9H,10,12,30H2,1H3,(H2,24,25,26). The molecule has 1 aromatic heterocycles. The minimum atomic E-state index is -3.64. The molecule has 0 aliphatic rings. The van der Waals surface area contributed by atoms with Gasteiger partial charge in [0.2, 0.25) is 0 Å². The summed E-state index contributed by atoms with van der Waals surface area (Å²) in [6, 6.07) is 16.2. The third kappa shape index (κ3) is 5.92. The van der Waals surface area contributed by atoms with Crippen molar-refractivity contribution < 1.29 is 11.5 Å². The van der Waals surface area contributed by atoms with E-state index < -0.39 is 25.3 Å². The molecule has 0 aliphatic carbocycles. The van der Waals surface area contributed by atoms with Crippen LogP contribution < -0.4 is 8.80 Å². The van der Waals surface area contributed by atoms with Crippen molar-refractivity contribution in [1.82, 2.24) is 9.97 Å². The SMILES string of the molecule is Cc1nc(N)nc(OI(P)S(=O)(=O)c2ccc(Br)cc2)c1Cc1ccc(CC#N)cc1. The van der Waals surface area contributed by atoms with E-state index in [0.717, 1.165) is 15.6 Å². The average Bonchev–Trinajstić information content (AvgIpc) is 2.72. The number of hydrogen-bond acceptors (Lipinski definition) is 7. The number of nitrogens with zero attached hydrogens (tertiary/aromatic N) is 3. The first kappa shape index (κ1) is 23.9. The van der Waals surface area contributed by atoms with Gasteiger partial charge in [-0.25, -0.2) is 0 Å². The molecule has 0 saturated heterocycles. The summed E-state index contributed by atoms with van der Waals surface area (Å²) in [6.07, 6.45) is 0.787. The number of anilines is 1. The monoisotopic (exact) mass is 632 g/mol. The second kappa shape index (κ2) is 10.2. The molecule has 3 rings (SSSR count). The fourth-order valence-electron chi connectivity index (χ4n) is 2.73. The first-order valence-electron chi connectivity index (χ1n) is 8.92. The van der Waals surface area contributed by atoms with Gasteiger partial charge in [0.15, 0.2) is 0 Å². The Hall–Kier alpha value is -1.80. The molecule has 162 valence electrons. The van der Waals surface area contributed by atoms with Crippen LogP contribution in [0.2, 0.25) is 0 Å². The van der Waals surface area contributed by atoms with Gasteiger partial charge >= 0.3 is 199 Å². The molecule has 1 atom stereocenters. The Morgan fingerprint density at radius 2 is 1.74 bits per heavy atom. The fourth-order valence-corrected chi connectivity index (χ4v) is 10.6. The van der Waals surface area contributed by atoms with E-state index in [-0.39, 0.29) is 16.7 Å². The summed E-state index contributed by atoms with van der Waals surface area (Å²) >= 11 is 0.217. The van der Waals surface area contributed by atoms with Crippen molar-refractivity contribution in [2.45, 2.75) is 24.7 Å². The Kier molecular flexibility index (Phi) is 7.86. The molecule has 0 saturated carbocycles. The zero-order valence-corrected chi connectivity index (χ0v) is 22.1. The van der Waals surface area contributed by atoms with Crippen molar-refractivity contribution >= 4 is 54.1 Å². The number of nitriles is 1. The average molecular weight is 633 g/mol. The summed E-state index contributed by atoms with van der Waals surface area (Å²) in [7, 11) is -3.64. The zero-order valence-electron chi connectivity index (χ0n) is 16.4. The molecular weight excluding hydrogens is 614 g/mol. The van der Waals surface area contributed by atoms with Gasteiger partial charge in [-0.15, -0.1) is 0 Å². The topological polar surface area (TPSA) is 119 Å². The van der Waals surface area contributed by atoms with Crippen LogP contribution >= 0.6 is 41.1 Å². The van der Waals surface area contributed by atoms with Crippen LogP contribution in [0.4, 0.5) is 5.95 Å². The van der Waals surface area contributed by atoms with Gasteiger partial charge in [-0.1, -0.05) is 0 Å². The summed E-state index contributed by atoms with van der Waals surface area (Å²) in [6.45, 7) is 4.15. The Balaban J connectivity index is 1.90. The Labute approximate surface area is 197 Å². The Morgan fingerprint density at radius 1 is 1.13 bits per heavy atom. The number of aryl methyl sites for hydroxylation is 1. The molecule has 0 spiro atoms. The summed E-state index contributed by atoms with van der Waals surface area (Å²) in [5.41, 5.74) is 9.00. The number of halogens is 2. The molecular formula is C20H19BrIN4O3PS. The number of hydrogen-bond donors (Lipinski definition) is 1. The van der Waals surface area contributed by atoms with Crippen LogP contribution in [0, 0.1) is 18.3 Å². The van der Waals surface area contributed by atoms with Gasteiger partial charge in [0.05, 0.1) is 0 Å². The van der Waals surface area contributed by atoms with E-state index >= 15 is 0 Å². The predicted octanol–water partition coefficient (Wildman–Crippen LogP) is 4.77. The van der Waals surface area contributed by atoms with Gasteiger partial charge in [-0.05, 0) is 0 Å². The quantitative estimate of drug-likeness (QED) is 0.226. The van der Waals surface area contributed by atoms with Crippen LogP contribution in [0.3, 0.4) is 0 Å². The van der Waals surface area contributed by atoms with Gasteiger partial charge < -0.3 is 0 Å². The molecule has 7 nitrogen and oxygen atoms in total. The molecule has 2 aromatic carbocycles. The van der Waals surface area contributed by atoms with E-state index in [0.29, 0.717) is 24.1 Å². The molecule has 0 bridgehead atoms. The fraction of sp³-hybridized carbons (Fsp3) is 0.150. The van der Waals surface area contributed by atoms with E-state index in [1.165, 1.54) is 0 Å². The summed E-state index contributed by atoms with van der Waals surface area (Å²) < 4.78 is 32.7. The molecule has 11 heteroatoms. The van der Waals surface area contributed by atoms with Crippen molar-refractivity contribution in [2.24, 2.45) is 0 Å². The maximum absolute atomic E-state index is 13.0. The molecule has 1 unspecified atom stereocenters. The van der Waals surface area contributed by atoms with Gasteiger partial charge in [0.1, 0.15) is 0 Å². The first-order chi connectivity index (χ1) is 14.7.